The lowest BCUT2D eigenvalue weighted by atomic mass is 10.1. The molecule has 0 aliphatic carbocycles. The number of benzene rings is 2. The van der Waals surface area contributed by atoms with Crippen LogP contribution < -0.4 is 10.1 Å². The molecule has 1 amide bonds. The monoisotopic (exact) mass is 390 g/mol. The van der Waals surface area contributed by atoms with Crippen LogP contribution in [0.5, 0.6) is 5.75 Å². The lowest BCUT2D eigenvalue weighted by Gasteiger charge is -2.18. The molecule has 0 heterocycles. The molecule has 0 aliphatic heterocycles. The molecule has 1 N–H and O–H groups in total. The Balaban J connectivity index is 1.85. The molecule has 148 valence electrons. The van der Waals surface area contributed by atoms with Gasteiger partial charge in [-0.3, -0.25) is 14.9 Å². The Hall–Kier alpha value is -3.49. The number of ether oxygens (including phenoxy) is 2. The highest BCUT2D eigenvalue weighted by Gasteiger charge is 2.21. The van der Waals surface area contributed by atoms with Crippen LogP contribution in [-0.4, -0.2) is 29.5 Å². The molecule has 2 aromatic carbocycles. The van der Waals surface area contributed by atoms with Crippen molar-refractivity contribution in [3.05, 3.63) is 70.0 Å². The second-order valence-corrected chi connectivity index (χ2v) is 5.93. The molecule has 2 unspecified atom stereocenters. The number of rotatable bonds is 8. The predicted molar refractivity (Wildman–Crippen MR) is 97.1 cm³/mol. The highest BCUT2D eigenvalue weighted by Crippen LogP contribution is 2.25. The second kappa shape index (κ2) is 9.45. The maximum absolute atomic E-state index is 13.0. The summed E-state index contributed by atoms with van der Waals surface area (Å²) in [7, 11) is 0. The summed E-state index contributed by atoms with van der Waals surface area (Å²) in [6, 6.07) is 10.8. The number of esters is 1. The SMILES string of the molecule is CC(OC(=O)COc1ccccc1[N+](=O)[O-])C(=O)NC(C)c1ccc(F)cc1. The van der Waals surface area contributed by atoms with Gasteiger partial charge in [-0.15, -0.1) is 0 Å². The third-order valence-corrected chi connectivity index (χ3v) is 3.81. The number of carbonyl (C=O) groups is 2. The number of nitro benzene ring substituents is 1. The van der Waals surface area contributed by atoms with E-state index in [0.717, 1.165) is 0 Å². The molecule has 2 atom stereocenters. The highest BCUT2D eigenvalue weighted by atomic mass is 19.1. The molecule has 9 heteroatoms. The van der Waals surface area contributed by atoms with Gasteiger partial charge in [-0.05, 0) is 37.6 Å². The molecule has 2 aromatic rings. The minimum absolute atomic E-state index is 0.0773. The van der Waals surface area contributed by atoms with E-state index in [-0.39, 0.29) is 17.3 Å². The van der Waals surface area contributed by atoms with Gasteiger partial charge in [-0.25, -0.2) is 9.18 Å². The quantitative estimate of drug-likeness (QED) is 0.422. The Morgan fingerprint density at radius 3 is 2.43 bits per heavy atom. The van der Waals surface area contributed by atoms with Crippen LogP contribution in [0.2, 0.25) is 0 Å². The van der Waals surface area contributed by atoms with Crippen LogP contribution in [0.1, 0.15) is 25.5 Å². The van der Waals surface area contributed by atoms with E-state index in [1.54, 1.807) is 6.92 Å². The van der Waals surface area contributed by atoms with Gasteiger partial charge in [0, 0.05) is 6.07 Å². The van der Waals surface area contributed by atoms with E-state index in [2.05, 4.69) is 5.32 Å². The number of nitrogens with zero attached hydrogens (tertiary/aromatic N) is 1. The van der Waals surface area contributed by atoms with E-state index in [4.69, 9.17) is 9.47 Å². The first-order valence-corrected chi connectivity index (χ1v) is 8.39. The fourth-order valence-electron chi connectivity index (χ4n) is 2.32. The van der Waals surface area contributed by atoms with Crippen LogP contribution in [0.3, 0.4) is 0 Å². The summed E-state index contributed by atoms with van der Waals surface area (Å²) >= 11 is 0. The predicted octanol–water partition coefficient (Wildman–Crippen LogP) is 2.92. The van der Waals surface area contributed by atoms with Crippen molar-refractivity contribution in [2.45, 2.75) is 26.0 Å². The second-order valence-electron chi connectivity index (χ2n) is 5.93. The van der Waals surface area contributed by atoms with E-state index < -0.39 is 35.6 Å². The van der Waals surface area contributed by atoms with Crippen molar-refractivity contribution in [3.63, 3.8) is 0 Å². The fraction of sp³-hybridized carbons (Fsp3) is 0.263. The molecule has 0 radical (unpaired) electrons. The van der Waals surface area contributed by atoms with Crippen LogP contribution in [0.15, 0.2) is 48.5 Å². The number of para-hydroxylation sites is 2. The summed E-state index contributed by atoms with van der Waals surface area (Å²) in [4.78, 5) is 34.3. The molecule has 28 heavy (non-hydrogen) atoms. The summed E-state index contributed by atoms with van der Waals surface area (Å²) in [6.45, 7) is 2.50. The van der Waals surface area contributed by atoms with Gasteiger partial charge < -0.3 is 14.8 Å². The third-order valence-electron chi connectivity index (χ3n) is 3.81. The summed E-state index contributed by atoms with van der Waals surface area (Å²) in [5.41, 5.74) is 0.405. The largest absolute Gasteiger partial charge is 0.475 e. The normalized spacial score (nSPS) is 12.5. The van der Waals surface area contributed by atoms with Crippen molar-refractivity contribution < 1.29 is 28.4 Å². The van der Waals surface area contributed by atoms with Crippen molar-refractivity contribution in [2.75, 3.05) is 6.61 Å². The molecule has 0 aliphatic rings. The van der Waals surface area contributed by atoms with E-state index in [0.29, 0.717) is 5.56 Å². The first kappa shape index (κ1) is 20.8. The first-order valence-electron chi connectivity index (χ1n) is 8.39. The first-order chi connectivity index (χ1) is 13.3. The molecule has 0 fully saturated rings. The Labute approximate surface area is 160 Å². The van der Waals surface area contributed by atoms with Crippen LogP contribution in [0.4, 0.5) is 10.1 Å². The molecule has 0 bridgehead atoms. The van der Waals surface area contributed by atoms with Gasteiger partial charge in [-0.1, -0.05) is 24.3 Å². The number of nitro groups is 1. The third kappa shape index (κ3) is 5.76. The highest BCUT2D eigenvalue weighted by molar-refractivity contribution is 5.84. The van der Waals surface area contributed by atoms with Crippen molar-refractivity contribution in [3.8, 4) is 5.75 Å². The Bertz CT molecular complexity index is 856. The van der Waals surface area contributed by atoms with E-state index in [1.165, 1.54) is 55.5 Å². The standard InChI is InChI=1S/C19H19FN2O6/c1-12(14-7-9-15(20)10-8-14)21-19(24)13(2)28-18(23)11-27-17-6-4-3-5-16(17)22(25)26/h3-10,12-13H,11H2,1-2H3,(H,21,24). The van der Waals surface area contributed by atoms with Crippen molar-refractivity contribution in [1.29, 1.82) is 0 Å². The average Bonchev–Trinajstić information content (AvgIpc) is 2.66. The molecule has 2 rings (SSSR count). The Morgan fingerprint density at radius 1 is 1.14 bits per heavy atom. The fourth-order valence-corrected chi connectivity index (χ4v) is 2.32. The molecular formula is C19H19FN2O6. The van der Waals surface area contributed by atoms with E-state index in [9.17, 15) is 24.1 Å². The van der Waals surface area contributed by atoms with Gasteiger partial charge in [0.25, 0.3) is 5.91 Å². The molecular weight excluding hydrogens is 371 g/mol. The summed E-state index contributed by atoms with van der Waals surface area (Å²) in [6.07, 6.45) is -1.11. The molecule has 8 nitrogen and oxygen atoms in total. The van der Waals surface area contributed by atoms with Gasteiger partial charge in [0.2, 0.25) is 0 Å². The number of amides is 1. The van der Waals surface area contributed by atoms with Crippen molar-refractivity contribution in [2.24, 2.45) is 0 Å². The number of hydrogen-bond donors (Lipinski definition) is 1. The maximum Gasteiger partial charge on any atom is 0.344 e. The average molecular weight is 390 g/mol. The van der Waals surface area contributed by atoms with Gasteiger partial charge in [-0.2, -0.15) is 0 Å². The zero-order valence-electron chi connectivity index (χ0n) is 15.3. The number of hydrogen-bond acceptors (Lipinski definition) is 6. The van der Waals surface area contributed by atoms with E-state index >= 15 is 0 Å². The molecule has 0 saturated heterocycles. The van der Waals surface area contributed by atoms with Crippen LogP contribution >= 0.6 is 0 Å². The topological polar surface area (TPSA) is 108 Å². The van der Waals surface area contributed by atoms with Crippen LogP contribution in [0, 0.1) is 15.9 Å². The smallest absolute Gasteiger partial charge is 0.344 e. The van der Waals surface area contributed by atoms with E-state index in [1.807, 2.05) is 0 Å². The van der Waals surface area contributed by atoms with Gasteiger partial charge >= 0.3 is 11.7 Å². The Kier molecular flexibility index (Phi) is 7.02. The summed E-state index contributed by atoms with van der Waals surface area (Å²) in [5, 5.41) is 13.6. The molecule has 0 saturated carbocycles. The lowest BCUT2D eigenvalue weighted by molar-refractivity contribution is -0.385. The number of nitrogens with one attached hydrogen (secondary N) is 1. The number of carbonyl (C=O) groups excluding carboxylic acids is 2. The van der Waals surface area contributed by atoms with Crippen LogP contribution in [0.25, 0.3) is 0 Å². The van der Waals surface area contributed by atoms with Crippen LogP contribution in [-0.2, 0) is 14.3 Å². The lowest BCUT2D eigenvalue weighted by Crippen LogP contribution is -2.38. The molecule has 0 spiro atoms. The van der Waals surface area contributed by atoms with Crippen molar-refractivity contribution >= 4 is 17.6 Å². The zero-order valence-corrected chi connectivity index (χ0v) is 15.3. The van der Waals surface area contributed by atoms with Gasteiger partial charge in [0.1, 0.15) is 5.82 Å². The zero-order chi connectivity index (χ0) is 20.7. The summed E-state index contributed by atoms with van der Waals surface area (Å²) in [5.74, 6) is -1.86. The van der Waals surface area contributed by atoms with Gasteiger partial charge in [0.15, 0.2) is 18.5 Å². The summed E-state index contributed by atoms with van der Waals surface area (Å²) < 4.78 is 23.1. The van der Waals surface area contributed by atoms with Gasteiger partial charge in [0.05, 0.1) is 11.0 Å². The van der Waals surface area contributed by atoms with Crippen molar-refractivity contribution in [1.82, 2.24) is 5.32 Å². The Morgan fingerprint density at radius 2 is 1.79 bits per heavy atom. The minimum atomic E-state index is -1.11. The molecule has 0 aromatic heterocycles. The minimum Gasteiger partial charge on any atom is -0.475 e. The maximum atomic E-state index is 13.0. The number of halogens is 1.